The molecule has 5 heteroatoms. The van der Waals surface area contributed by atoms with Gasteiger partial charge in [0.15, 0.2) is 0 Å². The van der Waals surface area contributed by atoms with Crippen LogP contribution in [-0.4, -0.2) is 41.0 Å². The van der Waals surface area contributed by atoms with Crippen molar-refractivity contribution in [3.8, 4) is 0 Å². The van der Waals surface area contributed by atoms with Crippen molar-refractivity contribution in [3.05, 3.63) is 77.5 Å². The Bertz CT molecular complexity index is 930. The van der Waals surface area contributed by atoms with Gasteiger partial charge in [-0.2, -0.15) is 0 Å². The predicted octanol–water partition coefficient (Wildman–Crippen LogP) is 4.39. The molecule has 3 aromatic rings. The van der Waals surface area contributed by atoms with Gasteiger partial charge in [0.1, 0.15) is 11.6 Å². The number of para-hydroxylation sites is 1. The van der Waals surface area contributed by atoms with Crippen molar-refractivity contribution in [1.29, 1.82) is 0 Å². The van der Waals surface area contributed by atoms with E-state index in [0.29, 0.717) is 5.56 Å². The maximum Gasteiger partial charge on any atom is 0.130 e. The molecule has 0 bridgehead atoms. The largest absolute Gasteiger partial charge is 0.296 e. The Morgan fingerprint density at radius 3 is 2.56 bits per heavy atom. The van der Waals surface area contributed by atoms with E-state index >= 15 is 0 Å². The molecule has 1 aliphatic rings. The summed E-state index contributed by atoms with van der Waals surface area (Å²) < 4.78 is 27.2. The molecule has 2 aromatic carbocycles. The van der Waals surface area contributed by atoms with E-state index in [2.05, 4.69) is 39.0 Å². The van der Waals surface area contributed by atoms with Gasteiger partial charge in [0.25, 0.3) is 0 Å². The van der Waals surface area contributed by atoms with Crippen LogP contribution in [0.1, 0.15) is 24.1 Å². The highest BCUT2D eigenvalue weighted by atomic mass is 19.1. The summed E-state index contributed by atoms with van der Waals surface area (Å²) in [5, 5.41) is 1.16. The van der Waals surface area contributed by atoms with Crippen LogP contribution >= 0.6 is 0 Å². The van der Waals surface area contributed by atoms with Gasteiger partial charge in [-0.1, -0.05) is 30.3 Å². The lowest BCUT2D eigenvalue weighted by atomic mass is 10.0. The summed E-state index contributed by atoms with van der Waals surface area (Å²) in [5.74, 6) is -0.997. The lowest BCUT2D eigenvalue weighted by molar-refractivity contribution is 0.0967. The Kier molecular flexibility index (Phi) is 5.14. The maximum atomic E-state index is 14.1. The van der Waals surface area contributed by atoms with Gasteiger partial charge in [-0.15, -0.1) is 0 Å². The summed E-state index contributed by atoms with van der Waals surface area (Å²) in [6.07, 6.45) is 1.84. The highest BCUT2D eigenvalue weighted by Crippen LogP contribution is 2.25. The smallest absolute Gasteiger partial charge is 0.130 e. The first-order valence-electron chi connectivity index (χ1n) is 9.36. The number of hydrogen-bond donors (Lipinski definition) is 0. The second-order valence-electron chi connectivity index (χ2n) is 7.15. The first-order valence-corrected chi connectivity index (χ1v) is 9.36. The average molecular weight is 367 g/mol. The van der Waals surface area contributed by atoms with Crippen LogP contribution in [-0.2, 0) is 6.54 Å². The molecule has 1 aromatic heterocycles. The third-order valence-electron chi connectivity index (χ3n) is 5.48. The van der Waals surface area contributed by atoms with Crippen LogP contribution in [0.3, 0.4) is 0 Å². The highest BCUT2D eigenvalue weighted by molar-refractivity contribution is 5.81. The van der Waals surface area contributed by atoms with Crippen LogP contribution < -0.4 is 0 Å². The fourth-order valence-electron chi connectivity index (χ4n) is 3.88. The van der Waals surface area contributed by atoms with Crippen molar-refractivity contribution in [2.45, 2.75) is 19.5 Å². The number of pyridine rings is 1. The first-order chi connectivity index (χ1) is 13.1. The Morgan fingerprint density at radius 2 is 1.78 bits per heavy atom. The van der Waals surface area contributed by atoms with Crippen molar-refractivity contribution < 1.29 is 8.78 Å². The zero-order valence-corrected chi connectivity index (χ0v) is 15.4. The fraction of sp³-hybridized carbons (Fsp3) is 0.318. The molecule has 0 amide bonds. The number of hydrogen-bond acceptors (Lipinski definition) is 3. The van der Waals surface area contributed by atoms with Crippen molar-refractivity contribution in [3.63, 3.8) is 0 Å². The zero-order valence-electron chi connectivity index (χ0n) is 15.4. The van der Waals surface area contributed by atoms with Crippen molar-refractivity contribution in [2.75, 3.05) is 26.2 Å². The number of benzene rings is 2. The minimum Gasteiger partial charge on any atom is -0.296 e. The number of piperazine rings is 1. The van der Waals surface area contributed by atoms with Gasteiger partial charge in [0, 0.05) is 62.0 Å². The summed E-state index contributed by atoms with van der Waals surface area (Å²) in [4.78, 5) is 9.21. The quantitative estimate of drug-likeness (QED) is 0.682. The van der Waals surface area contributed by atoms with E-state index in [1.54, 1.807) is 6.07 Å². The summed E-state index contributed by atoms with van der Waals surface area (Å²) in [7, 11) is 0. The van der Waals surface area contributed by atoms with Crippen LogP contribution in [0.25, 0.3) is 10.9 Å². The van der Waals surface area contributed by atoms with E-state index in [-0.39, 0.29) is 6.04 Å². The van der Waals surface area contributed by atoms with E-state index in [1.165, 1.54) is 11.6 Å². The zero-order chi connectivity index (χ0) is 18.8. The number of aromatic nitrogens is 1. The minimum atomic E-state index is -0.531. The third-order valence-corrected chi connectivity index (χ3v) is 5.48. The number of nitrogens with zero attached hydrogens (tertiary/aromatic N) is 3. The van der Waals surface area contributed by atoms with Crippen LogP contribution in [0.2, 0.25) is 0 Å². The Balaban J connectivity index is 1.41. The van der Waals surface area contributed by atoms with Gasteiger partial charge >= 0.3 is 0 Å². The molecule has 1 unspecified atom stereocenters. The Morgan fingerprint density at radius 1 is 1.00 bits per heavy atom. The monoisotopic (exact) mass is 367 g/mol. The number of halogens is 2. The maximum absolute atomic E-state index is 14.1. The molecule has 140 valence electrons. The van der Waals surface area contributed by atoms with Crippen molar-refractivity contribution >= 4 is 10.9 Å². The van der Waals surface area contributed by atoms with Gasteiger partial charge in [-0.3, -0.25) is 14.8 Å². The molecule has 1 atom stereocenters. The number of fused-ring (bicyclic) bond motifs is 1. The molecule has 3 nitrogen and oxygen atoms in total. The molecular weight excluding hydrogens is 344 g/mol. The Hall–Kier alpha value is -2.37. The normalized spacial score (nSPS) is 17.3. The minimum absolute atomic E-state index is 0.0630. The van der Waals surface area contributed by atoms with Crippen LogP contribution in [0.5, 0.6) is 0 Å². The van der Waals surface area contributed by atoms with Gasteiger partial charge in [-0.05, 0) is 24.6 Å². The molecule has 2 heterocycles. The lowest BCUT2D eigenvalue weighted by Gasteiger charge is -2.38. The SMILES string of the molecule is CC(c1ccc(F)cc1F)N1CCN(Cc2cccc3cccnc23)CC1. The van der Waals surface area contributed by atoms with E-state index in [0.717, 1.165) is 49.7 Å². The summed E-state index contributed by atoms with van der Waals surface area (Å²) >= 11 is 0. The van der Waals surface area contributed by atoms with Gasteiger partial charge in [0.2, 0.25) is 0 Å². The Labute approximate surface area is 158 Å². The van der Waals surface area contributed by atoms with Gasteiger partial charge in [0.05, 0.1) is 5.52 Å². The van der Waals surface area contributed by atoms with Crippen molar-refractivity contribution in [1.82, 2.24) is 14.8 Å². The summed E-state index contributed by atoms with van der Waals surface area (Å²) in [6.45, 7) is 6.39. The molecular formula is C22H23F2N3. The standard InChI is InChI=1S/C22H23F2N3/c1-16(20-8-7-19(23)14-21(20)24)27-12-10-26(11-13-27)15-18-5-2-4-17-6-3-9-25-22(17)18/h2-9,14,16H,10-13,15H2,1H3. The molecule has 1 aliphatic heterocycles. The average Bonchev–Trinajstić information content (AvgIpc) is 2.68. The topological polar surface area (TPSA) is 19.4 Å². The molecule has 27 heavy (non-hydrogen) atoms. The number of rotatable bonds is 4. The van der Waals surface area contributed by atoms with Crippen LogP contribution in [0.4, 0.5) is 8.78 Å². The van der Waals surface area contributed by atoms with Crippen LogP contribution in [0.15, 0.2) is 54.7 Å². The molecule has 0 N–H and O–H groups in total. The molecule has 0 aliphatic carbocycles. The molecule has 0 saturated carbocycles. The van der Waals surface area contributed by atoms with E-state index in [1.807, 2.05) is 19.2 Å². The predicted molar refractivity (Wildman–Crippen MR) is 103 cm³/mol. The first kappa shape index (κ1) is 18.0. The lowest BCUT2D eigenvalue weighted by Crippen LogP contribution is -2.46. The van der Waals surface area contributed by atoms with Crippen LogP contribution in [0, 0.1) is 11.6 Å². The van der Waals surface area contributed by atoms with E-state index < -0.39 is 11.6 Å². The van der Waals surface area contributed by atoms with Gasteiger partial charge < -0.3 is 0 Å². The summed E-state index contributed by atoms with van der Waals surface area (Å²) in [6, 6.07) is 14.1. The highest BCUT2D eigenvalue weighted by Gasteiger charge is 2.24. The second kappa shape index (κ2) is 7.71. The molecule has 0 spiro atoms. The fourth-order valence-corrected chi connectivity index (χ4v) is 3.88. The molecule has 4 rings (SSSR count). The molecule has 1 fully saturated rings. The van der Waals surface area contributed by atoms with Crippen molar-refractivity contribution in [2.24, 2.45) is 0 Å². The third kappa shape index (κ3) is 3.84. The van der Waals surface area contributed by atoms with E-state index in [9.17, 15) is 8.78 Å². The van der Waals surface area contributed by atoms with Gasteiger partial charge in [-0.25, -0.2) is 8.78 Å². The summed E-state index contributed by atoms with van der Waals surface area (Å²) in [5.41, 5.74) is 2.85. The molecule has 0 radical (unpaired) electrons. The van der Waals surface area contributed by atoms with E-state index in [4.69, 9.17) is 0 Å². The molecule has 1 saturated heterocycles. The second-order valence-corrected chi connectivity index (χ2v) is 7.15.